The van der Waals surface area contributed by atoms with Gasteiger partial charge in [0, 0.05) is 19.2 Å². The van der Waals surface area contributed by atoms with Crippen LogP contribution < -0.4 is 16.6 Å². The van der Waals surface area contributed by atoms with Gasteiger partial charge in [-0.3, -0.25) is 9.36 Å². The molecular weight excluding hydrogens is 202 g/mol. The fraction of sp³-hybridized carbons (Fsp3) is 0.583. The monoisotopic (exact) mass is 221 g/mol. The van der Waals surface area contributed by atoms with Crippen LogP contribution >= 0.6 is 0 Å². The molecule has 0 aliphatic carbocycles. The molecule has 1 aromatic rings. The number of pyridine rings is 1. The summed E-state index contributed by atoms with van der Waals surface area (Å²) in [4.78, 5) is 11.8. The van der Waals surface area contributed by atoms with Crippen molar-refractivity contribution in [2.24, 2.45) is 5.73 Å². The van der Waals surface area contributed by atoms with Crippen LogP contribution in [0.4, 0.5) is 5.82 Å². The number of anilines is 1. The highest BCUT2D eigenvalue weighted by atomic mass is 16.1. The number of hydrogen-bond donors (Lipinski definition) is 2. The van der Waals surface area contributed by atoms with E-state index in [9.17, 15) is 4.79 Å². The van der Waals surface area contributed by atoms with Crippen molar-refractivity contribution in [3.05, 3.63) is 27.5 Å². The van der Waals surface area contributed by atoms with E-state index in [-0.39, 0.29) is 5.56 Å². The van der Waals surface area contributed by atoms with E-state index in [2.05, 4.69) is 12.2 Å². The highest BCUT2D eigenvalue weighted by Gasteiger charge is 2.17. The van der Waals surface area contributed by atoms with Crippen molar-refractivity contribution in [2.75, 3.05) is 18.4 Å². The van der Waals surface area contributed by atoms with Crippen LogP contribution in [0.1, 0.15) is 24.5 Å². The molecule has 4 heteroatoms. The molecule has 3 N–H and O–H groups in total. The van der Waals surface area contributed by atoms with Crippen molar-refractivity contribution < 1.29 is 0 Å². The van der Waals surface area contributed by atoms with Crippen LogP contribution in [-0.4, -0.2) is 17.7 Å². The second kappa shape index (κ2) is 4.70. The first-order valence-electron chi connectivity index (χ1n) is 5.97. The summed E-state index contributed by atoms with van der Waals surface area (Å²) in [5.74, 6) is 1.03. The topological polar surface area (TPSA) is 60.0 Å². The number of aryl methyl sites for hydroxylation is 1. The summed E-state index contributed by atoms with van der Waals surface area (Å²) in [5.41, 5.74) is 8.12. The summed E-state index contributed by atoms with van der Waals surface area (Å²) in [6.45, 7) is 4.43. The lowest BCUT2D eigenvalue weighted by atomic mass is 10.0. The number of nitrogens with one attached hydrogen (secondary N) is 1. The number of aromatic nitrogens is 1. The summed E-state index contributed by atoms with van der Waals surface area (Å²) in [7, 11) is 0. The van der Waals surface area contributed by atoms with Gasteiger partial charge in [-0.05, 0) is 36.9 Å². The minimum atomic E-state index is 0.119. The molecule has 0 radical (unpaired) electrons. The Morgan fingerprint density at radius 3 is 3.06 bits per heavy atom. The van der Waals surface area contributed by atoms with Crippen molar-refractivity contribution in [1.29, 1.82) is 0 Å². The van der Waals surface area contributed by atoms with Gasteiger partial charge >= 0.3 is 0 Å². The Labute approximate surface area is 95.5 Å². The van der Waals surface area contributed by atoms with Crippen LogP contribution in [0.25, 0.3) is 0 Å². The molecule has 88 valence electrons. The first-order chi connectivity index (χ1) is 7.77. The zero-order valence-electron chi connectivity index (χ0n) is 9.75. The first-order valence-corrected chi connectivity index (χ1v) is 5.97. The largest absolute Gasteiger partial charge is 0.369 e. The zero-order valence-corrected chi connectivity index (χ0v) is 9.75. The van der Waals surface area contributed by atoms with Crippen molar-refractivity contribution in [1.82, 2.24) is 4.57 Å². The van der Waals surface area contributed by atoms with Crippen LogP contribution in [-0.2, 0) is 19.4 Å². The third-order valence-electron chi connectivity index (χ3n) is 3.15. The van der Waals surface area contributed by atoms with Gasteiger partial charge in [-0.25, -0.2) is 0 Å². The van der Waals surface area contributed by atoms with E-state index in [1.165, 1.54) is 11.1 Å². The highest BCUT2D eigenvalue weighted by molar-refractivity contribution is 5.51. The van der Waals surface area contributed by atoms with E-state index >= 15 is 0 Å². The Morgan fingerprint density at radius 1 is 1.56 bits per heavy atom. The third kappa shape index (κ3) is 1.85. The molecule has 2 rings (SSSR count). The van der Waals surface area contributed by atoms with E-state index in [4.69, 9.17) is 5.73 Å². The van der Waals surface area contributed by atoms with Crippen LogP contribution in [0.5, 0.6) is 0 Å². The Kier molecular flexibility index (Phi) is 3.29. The maximum atomic E-state index is 11.8. The van der Waals surface area contributed by atoms with Crippen LogP contribution in [0.2, 0.25) is 0 Å². The first kappa shape index (κ1) is 11.2. The van der Waals surface area contributed by atoms with E-state index in [1.54, 1.807) is 6.07 Å². The molecule has 0 unspecified atom stereocenters. The van der Waals surface area contributed by atoms with Crippen LogP contribution in [0, 0.1) is 0 Å². The lowest BCUT2D eigenvalue weighted by Gasteiger charge is -2.13. The normalized spacial score (nSPS) is 13.6. The van der Waals surface area contributed by atoms with Crippen LogP contribution in [0.3, 0.4) is 0 Å². The van der Waals surface area contributed by atoms with Gasteiger partial charge in [-0.1, -0.05) is 6.92 Å². The Balaban J connectivity index is 2.47. The quantitative estimate of drug-likeness (QED) is 0.788. The second-order valence-electron chi connectivity index (χ2n) is 4.16. The van der Waals surface area contributed by atoms with Crippen molar-refractivity contribution in [3.63, 3.8) is 0 Å². The Morgan fingerprint density at radius 2 is 2.38 bits per heavy atom. The number of nitrogens with zero attached hydrogens (tertiary/aromatic N) is 1. The number of nitrogens with two attached hydrogens (primary N) is 1. The molecule has 0 saturated carbocycles. The van der Waals surface area contributed by atoms with Gasteiger partial charge in [0.15, 0.2) is 0 Å². The molecule has 0 bridgehead atoms. The average Bonchev–Trinajstić information content (AvgIpc) is 2.77. The molecule has 1 aliphatic heterocycles. The van der Waals surface area contributed by atoms with Gasteiger partial charge in [0.2, 0.25) is 0 Å². The predicted molar refractivity (Wildman–Crippen MR) is 65.9 cm³/mol. The molecule has 0 atom stereocenters. The van der Waals surface area contributed by atoms with E-state index in [0.717, 1.165) is 38.2 Å². The summed E-state index contributed by atoms with van der Waals surface area (Å²) in [6, 6.07) is 1.78. The molecule has 2 heterocycles. The lowest BCUT2D eigenvalue weighted by molar-refractivity contribution is 0.752. The smallest absolute Gasteiger partial charge is 0.252 e. The molecule has 0 amide bonds. The zero-order chi connectivity index (χ0) is 11.5. The van der Waals surface area contributed by atoms with E-state index < -0.39 is 0 Å². The standard InChI is InChI=1S/C12H19N3O/c1-2-9-8-11(16)15-7-6-14-12(15)10(9)4-3-5-13/h8,14H,2-7,13H2,1H3. The maximum Gasteiger partial charge on any atom is 0.252 e. The van der Waals surface area contributed by atoms with Gasteiger partial charge in [-0.2, -0.15) is 0 Å². The summed E-state index contributed by atoms with van der Waals surface area (Å²) >= 11 is 0. The molecule has 1 aliphatic rings. The second-order valence-corrected chi connectivity index (χ2v) is 4.16. The Hall–Kier alpha value is -1.29. The molecule has 4 nitrogen and oxygen atoms in total. The number of hydrogen-bond acceptors (Lipinski definition) is 3. The van der Waals surface area contributed by atoms with Gasteiger partial charge in [0.25, 0.3) is 5.56 Å². The van der Waals surface area contributed by atoms with Crippen molar-refractivity contribution >= 4 is 5.82 Å². The highest BCUT2D eigenvalue weighted by Crippen LogP contribution is 2.23. The maximum absolute atomic E-state index is 11.8. The summed E-state index contributed by atoms with van der Waals surface area (Å²) in [6.07, 6.45) is 2.84. The molecule has 16 heavy (non-hydrogen) atoms. The number of rotatable bonds is 4. The van der Waals surface area contributed by atoms with E-state index in [1.807, 2.05) is 4.57 Å². The molecule has 0 fully saturated rings. The SMILES string of the molecule is CCc1cc(=O)n2c(c1CCCN)NCC2. The summed E-state index contributed by atoms with van der Waals surface area (Å²) in [5, 5.41) is 3.32. The number of fused-ring (bicyclic) bond motifs is 1. The van der Waals surface area contributed by atoms with Gasteiger partial charge in [0.1, 0.15) is 5.82 Å². The van der Waals surface area contributed by atoms with Crippen molar-refractivity contribution in [3.8, 4) is 0 Å². The molecule has 0 spiro atoms. The van der Waals surface area contributed by atoms with Gasteiger partial charge in [0.05, 0.1) is 0 Å². The molecule has 0 aromatic carbocycles. The average molecular weight is 221 g/mol. The lowest BCUT2D eigenvalue weighted by Crippen LogP contribution is -2.20. The van der Waals surface area contributed by atoms with Crippen LogP contribution in [0.15, 0.2) is 10.9 Å². The molecular formula is C12H19N3O. The van der Waals surface area contributed by atoms with Gasteiger partial charge < -0.3 is 11.1 Å². The minimum absolute atomic E-state index is 0.119. The molecule has 0 saturated heterocycles. The Bertz CT molecular complexity index is 437. The molecule has 1 aromatic heterocycles. The fourth-order valence-electron chi connectivity index (χ4n) is 2.32. The fourth-order valence-corrected chi connectivity index (χ4v) is 2.32. The minimum Gasteiger partial charge on any atom is -0.369 e. The van der Waals surface area contributed by atoms with E-state index in [0.29, 0.717) is 6.54 Å². The van der Waals surface area contributed by atoms with Crippen molar-refractivity contribution in [2.45, 2.75) is 32.7 Å². The summed E-state index contributed by atoms with van der Waals surface area (Å²) < 4.78 is 1.84. The van der Waals surface area contributed by atoms with Gasteiger partial charge in [-0.15, -0.1) is 0 Å². The predicted octanol–water partition coefficient (Wildman–Crippen LogP) is 0.727. The third-order valence-corrected chi connectivity index (χ3v) is 3.15.